The van der Waals surface area contributed by atoms with Crippen LogP contribution in [0.1, 0.15) is 5.56 Å². The average Bonchev–Trinajstić information content (AvgIpc) is 2.50. The Morgan fingerprint density at radius 3 is 2.76 bits per heavy atom. The molecule has 0 saturated carbocycles. The maximum Gasteiger partial charge on any atom is 0.153 e. The first-order valence-electron chi connectivity index (χ1n) is 6.78. The third kappa shape index (κ3) is 2.85. The third-order valence-electron chi connectivity index (χ3n) is 3.25. The SMILES string of the molecule is NCCc1cc(F)ccc1Oc1cccc2cccnc12. The second-order valence-electron chi connectivity index (χ2n) is 4.72. The van der Waals surface area contributed by atoms with Crippen LogP contribution in [0.3, 0.4) is 0 Å². The predicted octanol–water partition coefficient (Wildman–Crippen LogP) is 3.67. The summed E-state index contributed by atoms with van der Waals surface area (Å²) in [6, 6.07) is 14.1. The van der Waals surface area contributed by atoms with Gasteiger partial charge >= 0.3 is 0 Å². The van der Waals surface area contributed by atoms with E-state index in [9.17, 15) is 4.39 Å². The highest BCUT2D eigenvalue weighted by Gasteiger charge is 2.09. The molecule has 0 bridgehead atoms. The zero-order valence-electron chi connectivity index (χ0n) is 11.4. The summed E-state index contributed by atoms with van der Waals surface area (Å²) >= 11 is 0. The predicted molar refractivity (Wildman–Crippen MR) is 81.0 cm³/mol. The molecule has 0 spiro atoms. The summed E-state index contributed by atoms with van der Waals surface area (Å²) in [4.78, 5) is 4.35. The first-order chi connectivity index (χ1) is 10.3. The van der Waals surface area contributed by atoms with Crippen LogP contribution in [0, 0.1) is 5.82 Å². The van der Waals surface area contributed by atoms with Crippen LogP contribution in [-0.2, 0) is 6.42 Å². The number of para-hydroxylation sites is 1. The molecule has 0 saturated heterocycles. The summed E-state index contributed by atoms with van der Waals surface area (Å²) in [6.45, 7) is 0.438. The molecular formula is C17H15FN2O. The van der Waals surface area contributed by atoms with Crippen molar-refractivity contribution in [3.8, 4) is 11.5 Å². The Bertz CT molecular complexity index is 768. The van der Waals surface area contributed by atoms with Gasteiger partial charge in [0.25, 0.3) is 0 Å². The molecule has 3 rings (SSSR count). The van der Waals surface area contributed by atoms with Gasteiger partial charge in [0.1, 0.15) is 17.1 Å². The molecule has 0 aliphatic heterocycles. The van der Waals surface area contributed by atoms with E-state index in [0.717, 1.165) is 16.5 Å². The fourth-order valence-electron chi connectivity index (χ4n) is 2.28. The number of ether oxygens (including phenoxy) is 1. The summed E-state index contributed by atoms with van der Waals surface area (Å²) < 4.78 is 19.3. The number of halogens is 1. The van der Waals surface area contributed by atoms with Gasteiger partial charge in [-0.3, -0.25) is 4.98 Å². The summed E-state index contributed by atoms with van der Waals surface area (Å²) in [5, 5.41) is 0.998. The van der Waals surface area contributed by atoms with Gasteiger partial charge in [-0.2, -0.15) is 0 Å². The summed E-state index contributed by atoms with van der Waals surface area (Å²) in [5.74, 6) is 0.972. The molecule has 1 heterocycles. The third-order valence-corrected chi connectivity index (χ3v) is 3.25. The average molecular weight is 282 g/mol. The Balaban J connectivity index is 2.02. The molecule has 4 heteroatoms. The van der Waals surface area contributed by atoms with E-state index < -0.39 is 0 Å². The van der Waals surface area contributed by atoms with Gasteiger partial charge in [0, 0.05) is 11.6 Å². The number of rotatable bonds is 4. The highest BCUT2D eigenvalue weighted by molar-refractivity contribution is 5.84. The lowest BCUT2D eigenvalue weighted by Crippen LogP contribution is -2.04. The molecule has 0 fully saturated rings. The minimum atomic E-state index is -0.290. The lowest BCUT2D eigenvalue weighted by molar-refractivity contribution is 0.478. The van der Waals surface area contributed by atoms with Crippen LogP contribution in [-0.4, -0.2) is 11.5 Å². The van der Waals surface area contributed by atoms with E-state index in [1.165, 1.54) is 12.1 Å². The fourth-order valence-corrected chi connectivity index (χ4v) is 2.28. The first kappa shape index (κ1) is 13.5. The van der Waals surface area contributed by atoms with Crippen molar-refractivity contribution in [3.63, 3.8) is 0 Å². The number of hydrogen-bond donors (Lipinski definition) is 1. The van der Waals surface area contributed by atoms with E-state index >= 15 is 0 Å². The Hall–Kier alpha value is -2.46. The van der Waals surface area contributed by atoms with E-state index in [4.69, 9.17) is 10.5 Å². The van der Waals surface area contributed by atoms with Crippen molar-refractivity contribution >= 4 is 10.9 Å². The van der Waals surface area contributed by atoms with Gasteiger partial charge in [0.05, 0.1) is 0 Å². The van der Waals surface area contributed by atoms with Crippen LogP contribution in [0.4, 0.5) is 4.39 Å². The molecule has 0 aliphatic carbocycles. The Morgan fingerprint density at radius 1 is 1.05 bits per heavy atom. The van der Waals surface area contributed by atoms with Gasteiger partial charge in [-0.25, -0.2) is 4.39 Å². The van der Waals surface area contributed by atoms with Crippen LogP contribution in [0.25, 0.3) is 10.9 Å². The molecule has 0 amide bonds. The molecular weight excluding hydrogens is 267 g/mol. The van der Waals surface area contributed by atoms with Crippen molar-refractivity contribution in [2.75, 3.05) is 6.54 Å². The highest BCUT2D eigenvalue weighted by atomic mass is 19.1. The maximum atomic E-state index is 13.4. The molecule has 0 unspecified atom stereocenters. The molecule has 0 atom stereocenters. The molecule has 21 heavy (non-hydrogen) atoms. The number of aromatic nitrogens is 1. The normalized spacial score (nSPS) is 10.8. The summed E-state index contributed by atoms with van der Waals surface area (Å²) in [5.41, 5.74) is 7.11. The number of pyridine rings is 1. The molecule has 3 aromatic rings. The van der Waals surface area contributed by atoms with Crippen molar-refractivity contribution in [1.29, 1.82) is 0 Å². The zero-order chi connectivity index (χ0) is 14.7. The maximum absolute atomic E-state index is 13.4. The van der Waals surface area contributed by atoms with Gasteiger partial charge in [-0.15, -0.1) is 0 Å². The zero-order valence-corrected chi connectivity index (χ0v) is 11.4. The standard InChI is InChI=1S/C17H15FN2O/c18-14-6-7-15(13(11-14)8-9-19)21-16-5-1-3-12-4-2-10-20-17(12)16/h1-7,10-11H,8-9,19H2. The number of fused-ring (bicyclic) bond motifs is 1. The van der Waals surface area contributed by atoms with Gasteiger partial charge in [-0.05, 0) is 48.9 Å². The van der Waals surface area contributed by atoms with Gasteiger partial charge in [0.15, 0.2) is 5.75 Å². The number of nitrogens with zero attached hydrogens (tertiary/aromatic N) is 1. The second-order valence-corrected chi connectivity index (χ2v) is 4.72. The van der Waals surface area contributed by atoms with Crippen molar-refractivity contribution in [2.45, 2.75) is 6.42 Å². The lowest BCUT2D eigenvalue weighted by atomic mass is 10.1. The van der Waals surface area contributed by atoms with Crippen LogP contribution < -0.4 is 10.5 Å². The van der Waals surface area contributed by atoms with E-state index in [1.807, 2.05) is 30.3 Å². The van der Waals surface area contributed by atoms with Crippen molar-refractivity contribution in [3.05, 3.63) is 66.1 Å². The molecule has 2 N–H and O–H groups in total. The van der Waals surface area contributed by atoms with Gasteiger partial charge < -0.3 is 10.5 Å². The van der Waals surface area contributed by atoms with Crippen molar-refractivity contribution < 1.29 is 9.13 Å². The van der Waals surface area contributed by atoms with Crippen LogP contribution in [0.15, 0.2) is 54.7 Å². The molecule has 2 aromatic carbocycles. The van der Waals surface area contributed by atoms with E-state index in [2.05, 4.69) is 4.98 Å². The van der Waals surface area contributed by atoms with Gasteiger partial charge in [0.2, 0.25) is 0 Å². The lowest BCUT2D eigenvalue weighted by Gasteiger charge is -2.12. The van der Waals surface area contributed by atoms with Crippen LogP contribution in [0.2, 0.25) is 0 Å². The van der Waals surface area contributed by atoms with Crippen LogP contribution >= 0.6 is 0 Å². The van der Waals surface area contributed by atoms with Crippen molar-refractivity contribution in [2.24, 2.45) is 5.73 Å². The molecule has 0 radical (unpaired) electrons. The summed E-state index contributed by atoms with van der Waals surface area (Å²) in [7, 11) is 0. The fraction of sp³-hybridized carbons (Fsp3) is 0.118. The number of hydrogen-bond acceptors (Lipinski definition) is 3. The van der Waals surface area contributed by atoms with Crippen LogP contribution in [0.5, 0.6) is 11.5 Å². The number of nitrogens with two attached hydrogens (primary N) is 1. The Labute approximate surface area is 122 Å². The second kappa shape index (κ2) is 5.89. The van der Waals surface area contributed by atoms with Crippen molar-refractivity contribution in [1.82, 2.24) is 4.98 Å². The highest BCUT2D eigenvalue weighted by Crippen LogP contribution is 2.30. The van der Waals surface area contributed by atoms with E-state index in [0.29, 0.717) is 24.5 Å². The largest absolute Gasteiger partial charge is 0.455 e. The minimum Gasteiger partial charge on any atom is -0.455 e. The molecule has 1 aromatic heterocycles. The summed E-state index contributed by atoms with van der Waals surface area (Å²) in [6.07, 6.45) is 2.28. The van der Waals surface area contributed by atoms with E-state index in [1.54, 1.807) is 12.3 Å². The minimum absolute atomic E-state index is 0.290. The molecule has 106 valence electrons. The molecule has 0 aliphatic rings. The quantitative estimate of drug-likeness (QED) is 0.794. The number of benzene rings is 2. The Kier molecular flexibility index (Phi) is 3.79. The van der Waals surface area contributed by atoms with Gasteiger partial charge in [-0.1, -0.05) is 18.2 Å². The van der Waals surface area contributed by atoms with E-state index in [-0.39, 0.29) is 5.82 Å². The Morgan fingerprint density at radius 2 is 1.90 bits per heavy atom. The monoisotopic (exact) mass is 282 g/mol. The first-order valence-corrected chi connectivity index (χ1v) is 6.78. The topological polar surface area (TPSA) is 48.1 Å². The smallest absolute Gasteiger partial charge is 0.153 e. The molecule has 3 nitrogen and oxygen atoms in total.